The molecular formula is C10H14O. The highest BCUT2D eigenvalue weighted by molar-refractivity contribution is 5.89. The molecule has 0 amide bonds. The largest absolute Gasteiger partial charge is 0.299 e. The summed E-state index contributed by atoms with van der Waals surface area (Å²) in [6.07, 6.45) is 5.27. The average molecular weight is 150 g/mol. The lowest BCUT2D eigenvalue weighted by molar-refractivity contribution is -0.122. The second-order valence-electron chi connectivity index (χ2n) is 4.14. The van der Waals surface area contributed by atoms with Crippen LogP contribution in [0.5, 0.6) is 0 Å². The van der Waals surface area contributed by atoms with Crippen LogP contribution < -0.4 is 0 Å². The summed E-state index contributed by atoms with van der Waals surface area (Å²) in [5.41, 5.74) is 0.139. The van der Waals surface area contributed by atoms with Crippen LogP contribution in [0.1, 0.15) is 26.2 Å². The van der Waals surface area contributed by atoms with Gasteiger partial charge in [-0.2, -0.15) is 0 Å². The minimum absolute atomic E-state index is 0.139. The SMILES string of the molecule is C=C[C@@]1(C)C[C@@H]2CC[C@H]1C2=O. The molecule has 2 bridgehead atoms. The highest BCUT2D eigenvalue weighted by atomic mass is 16.1. The molecule has 2 aliphatic carbocycles. The van der Waals surface area contributed by atoms with Crippen LogP contribution in [0.3, 0.4) is 0 Å². The van der Waals surface area contributed by atoms with E-state index in [0.717, 1.165) is 19.3 Å². The minimum Gasteiger partial charge on any atom is -0.299 e. The number of carbonyl (C=O) groups is 1. The van der Waals surface area contributed by atoms with Crippen molar-refractivity contribution < 1.29 is 4.79 Å². The second kappa shape index (κ2) is 1.96. The molecule has 1 heteroatoms. The van der Waals surface area contributed by atoms with Crippen LogP contribution in [0.2, 0.25) is 0 Å². The first-order valence-electron chi connectivity index (χ1n) is 4.35. The van der Waals surface area contributed by atoms with E-state index in [0.29, 0.717) is 17.6 Å². The van der Waals surface area contributed by atoms with E-state index in [1.54, 1.807) is 0 Å². The molecule has 0 unspecified atom stereocenters. The highest BCUT2D eigenvalue weighted by Gasteiger charge is 2.52. The van der Waals surface area contributed by atoms with Crippen molar-refractivity contribution >= 4 is 5.78 Å². The first kappa shape index (κ1) is 7.08. The van der Waals surface area contributed by atoms with E-state index >= 15 is 0 Å². The first-order chi connectivity index (χ1) is 5.17. The Kier molecular flexibility index (Phi) is 1.26. The van der Waals surface area contributed by atoms with E-state index in [1.165, 1.54) is 0 Å². The van der Waals surface area contributed by atoms with Gasteiger partial charge in [0.25, 0.3) is 0 Å². The van der Waals surface area contributed by atoms with Gasteiger partial charge < -0.3 is 0 Å². The Morgan fingerprint density at radius 2 is 2.36 bits per heavy atom. The van der Waals surface area contributed by atoms with Gasteiger partial charge in [0.15, 0.2) is 0 Å². The van der Waals surface area contributed by atoms with Gasteiger partial charge in [-0.05, 0) is 24.7 Å². The maximum Gasteiger partial charge on any atom is 0.139 e. The molecule has 0 spiro atoms. The fraction of sp³-hybridized carbons (Fsp3) is 0.700. The number of rotatable bonds is 1. The van der Waals surface area contributed by atoms with E-state index in [1.807, 2.05) is 6.08 Å². The Labute approximate surface area is 67.5 Å². The quantitative estimate of drug-likeness (QED) is 0.523. The molecule has 2 fully saturated rings. The zero-order chi connectivity index (χ0) is 8.06. The van der Waals surface area contributed by atoms with Crippen molar-refractivity contribution in [2.45, 2.75) is 26.2 Å². The number of Topliss-reactive ketones (excluding diaryl/α,β-unsaturated/α-hetero) is 1. The molecule has 3 atom stereocenters. The fourth-order valence-corrected chi connectivity index (χ4v) is 2.69. The Hall–Kier alpha value is -0.590. The molecule has 0 saturated heterocycles. The summed E-state index contributed by atoms with van der Waals surface area (Å²) in [4.78, 5) is 11.5. The number of allylic oxidation sites excluding steroid dienone is 1. The lowest BCUT2D eigenvalue weighted by atomic mass is 9.75. The van der Waals surface area contributed by atoms with Gasteiger partial charge in [-0.25, -0.2) is 0 Å². The molecule has 0 aromatic heterocycles. The molecule has 2 rings (SSSR count). The van der Waals surface area contributed by atoms with E-state index in [2.05, 4.69) is 13.5 Å². The summed E-state index contributed by atoms with van der Waals surface area (Å²) in [7, 11) is 0. The van der Waals surface area contributed by atoms with E-state index in [4.69, 9.17) is 0 Å². The third-order valence-electron chi connectivity index (χ3n) is 3.50. The van der Waals surface area contributed by atoms with Crippen LogP contribution >= 0.6 is 0 Å². The third kappa shape index (κ3) is 0.741. The summed E-state index contributed by atoms with van der Waals surface area (Å²) < 4.78 is 0. The van der Waals surface area contributed by atoms with Gasteiger partial charge in [0.05, 0.1) is 0 Å². The molecule has 0 N–H and O–H groups in total. The van der Waals surface area contributed by atoms with Gasteiger partial charge in [-0.15, -0.1) is 6.58 Å². The zero-order valence-corrected chi connectivity index (χ0v) is 6.97. The minimum atomic E-state index is 0.139. The van der Waals surface area contributed by atoms with Crippen molar-refractivity contribution in [3.63, 3.8) is 0 Å². The summed E-state index contributed by atoms with van der Waals surface area (Å²) in [5.74, 6) is 1.19. The van der Waals surface area contributed by atoms with Crippen molar-refractivity contribution in [1.29, 1.82) is 0 Å². The fourth-order valence-electron chi connectivity index (χ4n) is 2.69. The maximum absolute atomic E-state index is 11.5. The normalized spacial score (nSPS) is 48.3. The highest BCUT2D eigenvalue weighted by Crippen LogP contribution is 2.53. The predicted molar refractivity (Wildman–Crippen MR) is 44.1 cm³/mol. The summed E-state index contributed by atoms with van der Waals surface area (Å²) >= 11 is 0. The first-order valence-corrected chi connectivity index (χ1v) is 4.35. The molecule has 2 aliphatic rings. The number of hydrogen-bond acceptors (Lipinski definition) is 1. The van der Waals surface area contributed by atoms with Gasteiger partial charge in [0, 0.05) is 11.8 Å². The molecule has 60 valence electrons. The molecule has 2 saturated carbocycles. The monoisotopic (exact) mass is 150 g/mol. The van der Waals surface area contributed by atoms with Crippen LogP contribution in [-0.4, -0.2) is 5.78 Å². The topological polar surface area (TPSA) is 17.1 Å². The van der Waals surface area contributed by atoms with Crippen molar-refractivity contribution in [2.75, 3.05) is 0 Å². The van der Waals surface area contributed by atoms with Crippen molar-refractivity contribution in [1.82, 2.24) is 0 Å². The molecule has 0 aromatic rings. The second-order valence-corrected chi connectivity index (χ2v) is 4.14. The molecule has 0 radical (unpaired) electrons. The zero-order valence-electron chi connectivity index (χ0n) is 6.97. The number of ketones is 1. The molecule has 0 aromatic carbocycles. The van der Waals surface area contributed by atoms with E-state index in [-0.39, 0.29) is 5.41 Å². The molecule has 0 aliphatic heterocycles. The van der Waals surface area contributed by atoms with Gasteiger partial charge in [-0.3, -0.25) is 4.79 Å². The van der Waals surface area contributed by atoms with Crippen LogP contribution in [0.25, 0.3) is 0 Å². The Bertz CT molecular complexity index is 219. The number of hydrogen-bond donors (Lipinski definition) is 0. The Morgan fingerprint density at radius 3 is 2.64 bits per heavy atom. The average Bonchev–Trinajstić information content (AvgIpc) is 2.44. The lowest BCUT2D eigenvalue weighted by Crippen LogP contribution is -2.22. The van der Waals surface area contributed by atoms with Crippen molar-refractivity contribution in [3.8, 4) is 0 Å². The predicted octanol–water partition coefficient (Wildman–Crippen LogP) is 2.18. The van der Waals surface area contributed by atoms with Crippen LogP contribution in [-0.2, 0) is 4.79 Å². The van der Waals surface area contributed by atoms with E-state index < -0.39 is 0 Å². The van der Waals surface area contributed by atoms with E-state index in [9.17, 15) is 4.79 Å². The van der Waals surface area contributed by atoms with Crippen molar-refractivity contribution in [2.24, 2.45) is 17.3 Å². The lowest BCUT2D eigenvalue weighted by Gasteiger charge is -2.28. The van der Waals surface area contributed by atoms with Crippen LogP contribution in [0, 0.1) is 17.3 Å². The molecule has 0 heterocycles. The molecule has 11 heavy (non-hydrogen) atoms. The molecule has 1 nitrogen and oxygen atoms in total. The smallest absolute Gasteiger partial charge is 0.139 e. The Balaban J connectivity index is 2.33. The summed E-state index contributed by atoms with van der Waals surface area (Å²) in [6, 6.07) is 0. The van der Waals surface area contributed by atoms with Gasteiger partial charge in [0.1, 0.15) is 5.78 Å². The maximum atomic E-state index is 11.5. The van der Waals surface area contributed by atoms with Crippen LogP contribution in [0.15, 0.2) is 12.7 Å². The van der Waals surface area contributed by atoms with Gasteiger partial charge in [0.2, 0.25) is 0 Å². The van der Waals surface area contributed by atoms with Gasteiger partial charge >= 0.3 is 0 Å². The summed E-state index contributed by atoms with van der Waals surface area (Å²) in [5, 5.41) is 0. The summed E-state index contributed by atoms with van der Waals surface area (Å²) in [6.45, 7) is 5.98. The third-order valence-corrected chi connectivity index (χ3v) is 3.50. The van der Waals surface area contributed by atoms with Crippen LogP contribution in [0.4, 0.5) is 0 Å². The number of carbonyl (C=O) groups excluding carboxylic acids is 1. The van der Waals surface area contributed by atoms with Crippen molar-refractivity contribution in [3.05, 3.63) is 12.7 Å². The number of fused-ring (bicyclic) bond motifs is 2. The Morgan fingerprint density at radius 1 is 1.64 bits per heavy atom. The molecular weight excluding hydrogens is 136 g/mol. The standard InChI is InChI=1S/C10H14O/c1-3-10(2)6-7-4-5-8(10)9(7)11/h3,7-8H,1,4-6H2,2H3/t7-,8-,10-/m0/s1. The van der Waals surface area contributed by atoms with Gasteiger partial charge in [-0.1, -0.05) is 13.0 Å².